The molecule has 0 aromatic carbocycles. The van der Waals surface area contributed by atoms with Gasteiger partial charge in [0.05, 0.1) is 13.2 Å². The predicted molar refractivity (Wildman–Crippen MR) is 41.8 cm³/mol. The van der Waals surface area contributed by atoms with E-state index in [1.165, 1.54) is 7.11 Å². The number of ether oxygens (including phenoxy) is 3. The molecule has 1 rings (SSSR count). The van der Waals surface area contributed by atoms with Crippen LogP contribution in [0.2, 0.25) is 0 Å². The van der Waals surface area contributed by atoms with Crippen molar-refractivity contribution in [2.45, 2.75) is 18.9 Å². The molecule has 12 heavy (non-hydrogen) atoms. The van der Waals surface area contributed by atoms with Crippen LogP contribution in [0, 0.1) is 0 Å². The smallest absolute Gasteiger partial charge is 0.331 e. The molecule has 0 unspecified atom stereocenters. The van der Waals surface area contributed by atoms with Crippen LogP contribution in [0.15, 0.2) is 0 Å². The second kappa shape index (κ2) is 5.11. The van der Waals surface area contributed by atoms with Crippen LogP contribution >= 0.6 is 0 Å². The van der Waals surface area contributed by atoms with Crippen molar-refractivity contribution in [1.29, 1.82) is 0 Å². The van der Waals surface area contributed by atoms with Crippen molar-refractivity contribution in [2.24, 2.45) is 0 Å². The van der Waals surface area contributed by atoms with Gasteiger partial charge in [0.15, 0.2) is 0 Å². The second-order valence-electron chi connectivity index (χ2n) is 2.70. The van der Waals surface area contributed by atoms with Crippen molar-refractivity contribution < 1.29 is 19.0 Å². The highest BCUT2D eigenvalue weighted by Crippen LogP contribution is 2.09. The first-order valence-corrected chi connectivity index (χ1v) is 4.09. The van der Waals surface area contributed by atoms with Gasteiger partial charge in [-0.05, 0) is 12.8 Å². The molecule has 4 nitrogen and oxygen atoms in total. The quantitative estimate of drug-likeness (QED) is 0.579. The van der Waals surface area contributed by atoms with Crippen LogP contribution in [0.25, 0.3) is 0 Å². The zero-order chi connectivity index (χ0) is 8.81. The molecule has 1 aliphatic rings. The lowest BCUT2D eigenvalue weighted by Gasteiger charge is -2.21. The molecule has 0 aliphatic carbocycles. The van der Waals surface area contributed by atoms with Gasteiger partial charge in [-0.15, -0.1) is 0 Å². The minimum atomic E-state index is -0.318. The van der Waals surface area contributed by atoms with E-state index in [4.69, 9.17) is 9.47 Å². The highest BCUT2D eigenvalue weighted by atomic mass is 16.6. The largest absolute Gasteiger partial charge is 0.467 e. The molecule has 4 heteroatoms. The molecule has 1 heterocycles. The summed E-state index contributed by atoms with van der Waals surface area (Å²) in [6, 6.07) is 0. The van der Waals surface area contributed by atoms with Crippen molar-refractivity contribution in [3.8, 4) is 0 Å². The number of hydrogen-bond acceptors (Lipinski definition) is 4. The Morgan fingerprint density at radius 3 is 2.75 bits per heavy atom. The number of hydrogen-bond donors (Lipinski definition) is 0. The Balaban J connectivity index is 2.09. The Morgan fingerprint density at radius 1 is 1.50 bits per heavy atom. The zero-order valence-corrected chi connectivity index (χ0v) is 7.25. The SMILES string of the molecule is COC(=O)COC1CCOCC1. The molecule has 0 bridgehead atoms. The summed E-state index contributed by atoms with van der Waals surface area (Å²) >= 11 is 0. The lowest BCUT2D eigenvalue weighted by Crippen LogP contribution is -2.26. The number of carbonyl (C=O) groups is 1. The van der Waals surface area contributed by atoms with Gasteiger partial charge >= 0.3 is 5.97 Å². The molecule has 70 valence electrons. The Morgan fingerprint density at radius 2 is 2.17 bits per heavy atom. The fourth-order valence-corrected chi connectivity index (χ4v) is 1.09. The summed E-state index contributed by atoms with van der Waals surface area (Å²) in [5.41, 5.74) is 0. The van der Waals surface area contributed by atoms with Crippen molar-refractivity contribution in [3.05, 3.63) is 0 Å². The van der Waals surface area contributed by atoms with Crippen LogP contribution in [0.3, 0.4) is 0 Å². The summed E-state index contributed by atoms with van der Waals surface area (Å²) in [6.45, 7) is 1.51. The first-order valence-electron chi connectivity index (χ1n) is 4.09. The van der Waals surface area contributed by atoms with E-state index >= 15 is 0 Å². The van der Waals surface area contributed by atoms with Gasteiger partial charge < -0.3 is 14.2 Å². The maximum absolute atomic E-state index is 10.7. The van der Waals surface area contributed by atoms with Crippen LogP contribution in [0.5, 0.6) is 0 Å². The van der Waals surface area contributed by atoms with Crippen LogP contribution in [-0.4, -0.2) is 39.0 Å². The molecule has 0 atom stereocenters. The molecular formula is C8H14O4. The van der Waals surface area contributed by atoms with E-state index in [9.17, 15) is 4.79 Å². The Labute approximate surface area is 71.8 Å². The monoisotopic (exact) mass is 174 g/mol. The summed E-state index contributed by atoms with van der Waals surface area (Å²) in [5.74, 6) is -0.318. The van der Waals surface area contributed by atoms with Crippen molar-refractivity contribution >= 4 is 5.97 Å². The highest BCUT2D eigenvalue weighted by molar-refractivity contribution is 5.70. The molecule has 0 N–H and O–H groups in total. The van der Waals surface area contributed by atoms with Crippen molar-refractivity contribution in [3.63, 3.8) is 0 Å². The predicted octanol–water partition coefficient (Wildman–Crippen LogP) is 0.355. The maximum Gasteiger partial charge on any atom is 0.331 e. The number of methoxy groups -OCH3 is 1. The van der Waals surface area contributed by atoms with E-state index in [1.807, 2.05) is 0 Å². The summed E-state index contributed by atoms with van der Waals surface area (Å²) in [7, 11) is 1.36. The Kier molecular flexibility index (Phi) is 4.04. The van der Waals surface area contributed by atoms with Gasteiger partial charge in [0, 0.05) is 13.2 Å². The number of esters is 1. The lowest BCUT2D eigenvalue weighted by molar-refractivity contribution is -0.149. The van der Waals surface area contributed by atoms with E-state index in [-0.39, 0.29) is 18.7 Å². The van der Waals surface area contributed by atoms with Gasteiger partial charge in [-0.2, -0.15) is 0 Å². The molecule has 1 fully saturated rings. The molecule has 0 saturated carbocycles. The van der Waals surface area contributed by atoms with Crippen LogP contribution in [0.1, 0.15) is 12.8 Å². The number of carbonyl (C=O) groups excluding carboxylic acids is 1. The maximum atomic E-state index is 10.7. The van der Waals surface area contributed by atoms with E-state index in [0.717, 1.165) is 26.1 Å². The number of rotatable bonds is 3. The molecule has 0 aromatic heterocycles. The van der Waals surface area contributed by atoms with Gasteiger partial charge in [0.1, 0.15) is 6.61 Å². The zero-order valence-electron chi connectivity index (χ0n) is 7.25. The molecule has 0 amide bonds. The Bertz CT molecular complexity index is 140. The van der Waals surface area contributed by atoms with Gasteiger partial charge in [0.25, 0.3) is 0 Å². The van der Waals surface area contributed by atoms with Crippen LogP contribution < -0.4 is 0 Å². The third-order valence-electron chi connectivity index (χ3n) is 1.83. The van der Waals surface area contributed by atoms with E-state index < -0.39 is 0 Å². The first-order chi connectivity index (χ1) is 5.83. The average Bonchev–Trinajstić information content (AvgIpc) is 2.16. The molecular weight excluding hydrogens is 160 g/mol. The van der Waals surface area contributed by atoms with Gasteiger partial charge in [-0.25, -0.2) is 4.79 Å². The van der Waals surface area contributed by atoms with E-state index in [1.54, 1.807) is 0 Å². The normalized spacial score (nSPS) is 19.1. The van der Waals surface area contributed by atoms with Gasteiger partial charge in [0.2, 0.25) is 0 Å². The first kappa shape index (κ1) is 9.48. The fraction of sp³-hybridized carbons (Fsp3) is 0.875. The summed E-state index contributed by atoms with van der Waals surface area (Å²) in [5, 5.41) is 0. The topological polar surface area (TPSA) is 44.8 Å². The lowest BCUT2D eigenvalue weighted by atomic mass is 10.2. The summed E-state index contributed by atoms with van der Waals surface area (Å²) < 4.78 is 14.9. The standard InChI is InChI=1S/C8H14O4/c1-10-8(9)6-12-7-2-4-11-5-3-7/h7H,2-6H2,1H3. The molecule has 1 aliphatic heterocycles. The highest BCUT2D eigenvalue weighted by Gasteiger charge is 2.15. The minimum Gasteiger partial charge on any atom is -0.467 e. The molecule has 0 radical (unpaired) electrons. The van der Waals surface area contributed by atoms with Crippen LogP contribution in [-0.2, 0) is 19.0 Å². The molecule has 0 aromatic rings. The third-order valence-corrected chi connectivity index (χ3v) is 1.83. The van der Waals surface area contributed by atoms with Gasteiger partial charge in [-0.3, -0.25) is 0 Å². The van der Waals surface area contributed by atoms with E-state index in [2.05, 4.69) is 4.74 Å². The molecule has 0 spiro atoms. The minimum absolute atomic E-state index is 0.0567. The van der Waals surface area contributed by atoms with Crippen LogP contribution in [0.4, 0.5) is 0 Å². The van der Waals surface area contributed by atoms with E-state index in [0.29, 0.717) is 0 Å². The summed E-state index contributed by atoms with van der Waals surface area (Å²) in [6.07, 6.45) is 1.91. The summed E-state index contributed by atoms with van der Waals surface area (Å²) in [4.78, 5) is 10.7. The van der Waals surface area contributed by atoms with Crippen molar-refractivity contribution in [2.75, 3.05) is 26.9 Å². The fourth-order valence-electron chi connectivity index (χ4n) is 1.09. The average molecular weight is 174 g/mol. The third kappa shape index (κ3) is 3.19. The Hall–Kier alpha value is -0.610. The molecule has 1 saturated heterocycles. The van der Waals surface area contributed by atoms with Crippen molar-refractivity contribution in [1.82, 2.24) is 0 Å². The second-order valence-corrected chi connectivity index (χ2v) is 2.70. The van der Waals surface area contributed by atoms with Gasteiger partial charge in [-0.1, -0.05) is 0 Å².